The average molecular weight is 167 g/mol. The molecule has 3 heteroatoms. The molecule has 2 aliphatic rings. The van der Waals surface area contributed by atoms with Gasteiger partial charge in [0.25, 0.3) is 0 Å². The zero-order valence-electron chi connectivity index (χ0n) is 7.64. The Morgan fingerprint density at radius 1 is 1.58 bits per heavy atom. The minimum Gasteiger partial charge on any atom is -0.368 e. The standard InChI is InChI=1S/C9H17N3/c1-2-3-9-11-7-4-5-10-6-8(7)12-9/h7-8,10H,2-6H2,1H3,(H,11,12). The fourth-order valence-corrected chi connectivity index (χ4v) is 1.97. The normalized spacial score (nSPS) is 33.9. The molecule has 68 valence electrons. The maximum atomic E-state index is 4.67. The summed E-state index contributed by atoms with van der Waals surface area (Å²) in [6, 6.07) is 1.15. The molecule has 2 aliphatic heterocycles. The quantitative estimate of drug-likeness (QED) is 0.629. The SMILES string of the molecule is CCCC1=NC2CCNCC2N1. The minimum atomic E-state index is 0.563. The van der Waals surface area contributed by atoms with Crippen LogP contribution < -0.4 is 10.6 Å². The summed E-state index contributed by atoms with van der Waals surface area (Å²) in [5.41, 5.74) is 0. The van der Waals surface area contributed by atoms with Gasteiger partial charge in [0.15, 0.2) is 0 Å². The van der Waals surface area contributed by atoms with Crippen LogP contribution in [-0.2, 0) is 0 Å². The number of piperidine rings is 1. The van der Waals surface area contributed by atoms with Crippen molar-refractivity contribution in [2.75, 3.05) is 13.1 Å². The molecule has 0 aromatic heterocycles. The minimum absolute atomic E-state index is 0.563. The molecule has 0 bridgehead atoms. The number of hydrogen-bond donors (Lipinski definition) is 2. The van der Waals surface area contributed by atoms with Crippen LogP contribution in [0.1, 0.15) is 26.2 Å². The molecule has 0 amide bonds. The van der Waals surface area contributed by atoms with E-state index in [1.807, 2.05) is 0 Å². The Balaban J connectivity index is 1.94. The first-order valence-corrected chi connectivity index (χ1v) is 4.94. The van der Waals surface area contributed by atoms with E-state index in [0.29, 0.717) is 12.1 Å². The summed E-state index contributed by atoms with van der Waals surface area (Å²) in [6.07, 6.45) is 3.51. The van der Waals surface area contributed by atoms with Crippen LogP contribution in [0.15, 0.2) is 4.99 Å². The highest BCUT2D eigenvalue weighted by Gasteiger charge is 2.29. The summed E-state index contributed by atoms with van der Waals surface area (Å²) in [7, 11) is 0. The van der Waals surface area contributed by atoms with E-state index in [9.17, 15) is 0 Å². The molecule has 2 heterocycles. The van der Waals surface area contributed by atoms with Crippen LogP contribution in [0.3, 0.4) is 0 Å². The molecule has 1 fully saturated rings. The van der Waals surface area contributed by atoms with Gasteiger partial charge in [-0.3, -0.25) is 4.99 Å². The summed E-state index contributed by atoms with van der Waals surface area (Å²) in [6.45, 7) is 4.41. The summed E-state index contributed by atoms with van der Waals surface area (Å²) >= 11 is 0. The number of nitrogens with one attached hydrogen (secondary N) is 2. The van der Waals surface area contributed by atoms with Crippen molar-refractivity contribution in [2.45, 2.75) is 38.3 Å². The maximum Gasteiger partial charge on any atom is 0.0970 e. The van der Waals surface area contributed by atoms with Gasteiger partial charge in [0.05, 0.1) is 17.9 Å². The van der Waals surface area contributed by atoms with E-state index in [0.717, 1.165) is 19.5 Å². The zero-order chi connectivity index (χ0) is 8.39. The molecule has 1 saturated heterocycles. The molecule has 2 unspecified atom stereocenters. The molecule has 0 aliphatic carbocycles. The lowest BCUT2D eigenvalue weighted by Gasteiger charge is -2.24. The van der Waals surface area contributed by atoms with Crippen molar-refractivity contribution in [3.63, 3.8) is 0 Å². The van der Waals surface area contributed by atoms with Crippen molar-refractivity contribution < 1.29 is 0 Å². The van der Waals surface area contributed by atoms with Gasteiger partial charge in [0.1, 0.15) is 0 Å². The third-order valence-electron chi connectivity index (χ3n) is 2.61. The van der Waals surface area contributed by atoms with Gasteiger partial charge in [-0.2, -0.15) is 0 Å². The Hall–Kier alpha value is -0.570. The Morgan fingerprint density at radius 2 is 2.50 bits per heavy atom. The molecular formula is C9H17N3. The van der Waals surface area contributed by atoms with E-state index in [1.165, 1.54) is 18.7 Å². The summed E-state index contributed by atoms with van der Waals surface area (Å²) in [4.78, 5) is 4.67. The van der Waals surface area contributed by atoms with E-state index >= 15 is 0 Å². The number of fused-ring (bicyclic) bond motifs is 1. The van der Waals surface area contributed by atoms with E-state index in [2.05, 4.69) is 22.5 Å². The van der Waals surface area contributed by atoms with Gasteiger partial charge in [0, 0.05) is 13.0 Å². The molecule has 0 spiro atoms. The largest absolute Gasteiger partial charge is 0.368 e. The highest BCUT2D eigenvalue weighted by Crippen LogP contribution is 2.15. The first-order valence-electron chi connectivity index (χ1n) is 4.94. The first kappa shape index (κ1) is 8.05. The smallest absolute Gasteiger partial charge is 0.0970 e. The predicted octanol–water partition coefficient (Wildman–Crippen LogP) is 0.519. The van der Waals surface area contributed by atoms with Gasteiger partial charge < -0.3 is 10.6 Å². The molecule has 2 atom stereocenters. The molecule has 2 rings (SSSR count). The number of amidine groups is 1. The molecule has 3 nitrogen and oxygen atoms in total. The molecule has 2 N–H and O–H groups in total. The van der Waals surface area contributed by atoms with Crippen molar-refractivity contribution in [1.29, 1.82) is 0 Å². The van der Waals surface area contributed by atoms with E-state index in [-0.39, 0.29) is 0 Å². The third-order valence-corrected chi connectivity index (χ3v) is 2.61. The highest BCUT2D eigenvalue weighted by atomic mass is 15.2. The van der Waals surface area contributed by atoms with E-state index in [1.54, 1.807) is 0 Å². The van der Waals surface area contributed by atoms with Crippen LogP contribution >= 0.6 is 0 Å². The summed E-state index contributed by atoms with van der Waals surface area (Å²) in [5, 5.41) is 6.86. The van der Waals surface area contributed by atoms with Crippen LogP contribution in [-0.4, -0.2) is 31.0 Å². The molecule has 12 heavy (non-hydrogen) atoms. The third kappa shape index (κ3) is 1.46. The number of aliphatic imine (C=N–C) groups is 1. The number of hydrogen-bond acceptors (Lipinski definition) is 3. The van der Waals surface area contributed by atoms with Gasteiger partial charge in [0.2, 0.25) is 0 Å². The number of nitrogens with zero attached hydrogens (tertiary/aromatic N) is 1. The second-order valence-corrected chi connectivity index (χ2v) is 3.64. The monoisotopic (exact) mass is 167 g/mol. The fraction of sp³-hybridized carbons (Fsp3) is 0.889. The van der Waals surface area contributed by atoms with Gasteiger partial charge in [-0.1, -0.05) is 6.92 Å². The van der Waals surface area contributed by atoms with Gasteiger partial charge in [-0.05, 0) is 19.4 Å². The van der Waals surface area contributed by atoms with Gasteiger partial charge in [-0.15, -0.1) is 0 Å². The lowest BCUT2D eigenvalue weighted by Crippen LogP contribution is -2.48. The fourth-order valence-electron chi connectivity index (χ4n) is 1.97. The summed E-state index contributed by atoms with van der Waals surface area (Å²) < 4.78 is 0. The van der Waals surface area contributed by atoms with Gasteiger partial charge >= 0.3 is 0 Å². The van der Waals surface area contributed by atoms with E-state index in [4.69, 9.17) is 0 Å². The van der Waals surface area contributed by atoms with Crippen molar-refractivity contribution in [2.24, 2.45) is 4.99 Å². The Morgan fingerprint density at radius 3 is 3.25 bits per heavy atom. The van der Waals surface area contributed by atoms with E-state index < -0.39 is 0 Å². The van der Waals surface area contributed by atoms with Crippen LogP contribution in [0.4, 0.5) is 0 Å². The van der Waals surface area contributed by atoms with Crippen LogP contribution in [0.2, 0.25) is 0 Å². The van der Waals surface area contributed by atoms with Crippen molar-refractivity contribution in [3.8, 4) is 0 Å². The van der Waals surface area contributed by atoms with Crippen LogP contribution in [0.25, 0.3) is 0 Å². The van der Waals surface area contributed by atoms with Crippen molar-refractivity contribution in [1.82, 2.24) is 10.6 Å². The van der Waals surface area contributed by atoms with Crippen LogP contribution in [0.5, 0.6) is 0 Å². The topological polar surface area (TPSA) is 36.4 Å². The average Bonchev–Trinajstić information content (AvgIpc) is 2.47. The molecular weight excluding hydrogens is 150 g/mol. The summed E-state index contributed by atoms with van der Waals surface area (Å²) in [5.74, 6) is 1.23. The lowest BCUT2D eigenvalue weighted by molar-refractivity contribution is 0.402. The Labute approximate surface area is 73.6 Å². The van der Waals surface area contributed by atoms with Crippen molar-refractivity contribution >= 4 is 5.84 Å². The highest BCUT2D eigenvalue weighted by molar-refractivity contribution is 5.84. The predicted molar refractivity (Wildman–Crippen MR) is 50.5 cm³/mol. The molecule has 0 aromatic carbocycles. The van der Waals surface area contributed by atoms with Crippen LogP contribution in [0, 0.1) is 0 Å². The lowest BCUT2D eigenvalue weighted by atomic mass is 10.0. The second kappa shape index (κ2) is 3.44. The molecule has 0 saturated carbocycles. The molecule has 0 radical (unpaired) electrons. The maximum absolute atomic E-state index is 4.67. The molecule has 0 aromatic rings. The number of rotatable bonds is 2. The Bertz CT molecular complexity index is 188. The van der Waals surface area contributed by atoms with Gasteiger partial charge in [-0.25, -0.2) is 0 Å². The Kier molecular flexibility index (Phi) is 2.30. The van der Waals surface area contributed by atoms with Crippen molar-refractivity contribution in [3.05, 3.63) is 0 Å². The first-order chi connectivity index (χ1) is 5.90. The zero-order valence-corrected chi connectivity index (χ0v) is 7.64. The second-order valence-electron chi connectivity index (χ2n) is 3.64.